The fourth-order valence-electron chi connectivity index (χ4n) is 3.65. The number of piperidine rings is 1. The van der Waals surface area contributed by atoms with E-state index in [0.29, 0.717) is 5.69 Å². The van der Waals surface area contributed by atoms with Gasteiger partial charge < -0.3 is 15.1 Å². The first-order valence-electron chi connectivity index (χ1n) is 9.03. The minimum Gasteiger partial charge on any atom is -0.368 e. The molecule has 1 atom stereocenters. The molecule has 2 fully saturated rings. The predicted octanol–water partition coefficient (Wildman–Crippen LogP) is 1.58. The maximum absolute atomic E-state index is 12.7. The fraction of sp³-hybridized carbons (Fsp3) is 0.500. The van der Waals surface area contributed by atoms with Crippen LogP contribution in [-0.2, 0) is 0 Å². The van der Waals surface area contributed by atoms with E-state index in [1.165, 1.54) is 6.42 Å². The van der Waals surface area contributed by atoms with Gasteiger partial charge in [0.1, 0.15) is 5.69 Å². The Morgan fingerprint density at radius 2 is 2.08 bits per heavy atom. The summed E-state index contributed by atoms with van der Waals surface area (Å²) in [6.07, 6.45) is 8.94. The second-order valence-electron chi connectivity index (χ2n) is 6.74. The number of carbonyl (C=O) groups is 1. The highest BCUT2D eigenvalue weighted by molar-refractivity contribution is 5.93. The SMILES string of the molecule is O=C(c1cc(N2CCNC(c3cn[nH]c3)C2)ccn1)N1CCCCC1. The normalized spacial score (nSPS) is 21.4. The molecule has 0 spiro atoms. The highest BCUT2D eigenvalue weighted by atomic mass is 16.2. The number of amides is 1. The zero-order chi connectivity index (χ0) is 17.1. The van der Waals surface area contributed by atoms with Crippen molar-refractivity contribution in [2.24, 2.45) is 0 Å². The average Bonchev–Trinajstić information content (AvgIpc) is 3.23. The fourth-order valence-corrected chi connectivity index (χ4v) is 3.65. The molecule has 4 rings (SSSR count). The Bertz CT molecular complexity index is 710. The molecule has 2 aliphatic rings. The van der Waals surface area contributed by atoms with Crippen molar-refractivity contribution in [3.63, 3.8) is 0 Å². The summed E-state index contributed by atoms with van der Waals surface area (Å²) >= 11 is 0. The molecule has 4 heterocycles. The molecule has 0 aliphatic carbocycles. The van der Waals surface area contributed by atoms with Crippen molar-refractivity contribution in [2.45, 2.75) is 25.3 Å². The Morgan fingerprint density at radius 1 is 1.20 bits per heavy atom. The van der Waals surface area contributed by atoms with Crippen molar-refractivity contribution in [3.05, 3.63) is 42.0 Å². The molecule has 1 unspecified atom stereocenters. The lowest BCUT2D eigenvalue weighted by Gasteiger charge is -2.35. The van der Waals surface area contributed by atoms with Crippen LogP contribution in [0.2, 0.25) is 0 Å². The van der Waals surface area contributed by atoms with Crippen LogP contribution in [0.1, 0.15) is 41.4 Å². The molecule has 2 saturated heterocycles. The molecule has 132 valence electrons. The van der Waals surface area contributed by atoms with Crippen molar-refractivity contribution in [1.29, 1.82) is 0 Å². The lowest BCUT2D eigenvalue weighted by Crippen LogP contribution is -2.46. The van der Waals surface area contributed by atoms with E-state index < -0.39 is 0 Å². The van der Waals surface area contributed by atoms with E-state index in [0.717, 1.165) is 56.8 Å². The lowest BCUT2D eigenvalue weighted by atomic mass is 10.1. The molecule has 2 N–H and O–H groups in total. The summed E-state index contributed by atoms with van der Waals surface area (Å²) in [5, 5.41) is 10.4. The van der Waals surface area contributed by atoms with Crippen LogP contribution >= 0.6 is 0 Å². The van der Waals surface area contributed by atoms with Gasteiger partial charge in [-0.05, 0) is 31.4 Å². The van der Waals surface area contributed by atoms with Gasteiger partial charge in [0.15, 0.2) is 0 Å². The number of nitrogens with zero attached hydrogens (tertiary/aromatic N) is 4. The molecule has 25 heavy (non-hydrogen) atoms. The quantitative estimate of drug-likeness (QED) is 0.887. The molecular formula is C18H24N6O. The summed E-state index contributed by atoms with van der Waals surface area (Å²) in [5.41, 5.74) is 2.77. The number of aromatic nitrogens is 3. The van der Waals surface area contributed by atoms with Crippen LogP contribution < -0.4 is 10.2 Å². The van der Waals surface area contributed by atoms with Crippen LogP contribution in [0.15, 0.2) is 30.7 Å². The van der Waals surface area contributed by atoms with Gasteiger partial charge in [-0.25, -0.2) is 0 Å². The largest absolute Gasteiger partial charge is 0.368 e. The van der Waals surface area contributed by atoms with Crippen molar-refractivity contribution >= 4 is 11.6 Å². The van der Waals surface area contributed by atoms with Crippen LogP contribution in [0.5, 0.6) is 0 Å². The van der Waals surface area contributed by atoms with Gasteiger partial charge in [-0.1, -0.05) is 0 Å². The van der Waals surface area contributed by atoms with E-state index in [1.54, 1.807) is 6.20 Å². The second kappa shape index (κ2) is 7.23. The molecule has 0 radical (unpaired) electrons. The van der Waals surface area contributed by atoms with Crippen LogP contribution in [0, 0.1) is 0 Å². The summed E-state index contributed by atoms with van der Waals surface area (Å²) in [6.45, 7) is 4.35. The summed E-state index contributed by atoms with van der Waals surface area (Å²) in [4.78, 5) is 21.3. The van der Waals surface area contributed by atoms with E-state index in [-0.39, 0.29) is 11.9 Å². The van der Waals surface area contributed by atoms with Crippen molar-refractivity contribution < 1.29 is 4.79 Å². The van der Waals surface area contributed by atoms with E-state index in [2.05, 4.69) is 25.4 Å². The first kappa shape index (κ1) is 16.1. The number of hydrogen-bond donors (Lipinski definition) is 2. The molecule has 2 aromatic heterocycles. The number of rotatable bonds is 3. The van der Waals surface area contributed by atoms with Gasteiger partial charge in [0.25, 0.3) is 5.91 Å². The number of nitrogens with one attached hydrogen (secondary N) is 2. The first-order chi connectivity index (χ1) is 12.3. The van der Waals surface area contributed by atoms with Gasteiger partial charge in [0.05, 0.1) is 12.2 Å². The molecule has 7 heteroatoms. The third-order valence-corrected chi connectivity index (χ3v) is 5.07. The molecule has 2 aliphatic heterocycles. The topological polar surface area (TPSA) is 77.1 Å². The number of piperazine rings is 1. The number of H-pyrrole nitrogens is 1. The second-order valence-corrected chi connectivity index (χ2v) is 6.74. The first-order valence-corrected chi connectivity index (χ1v) is 9.03. The van der Waals surface area contributed by atoms with Gasteiger partial charge in [-0.2, -0.15) is 5.10 Å². The van der Waals surface area contributed by atoms with Gasteiger partial charge in [-0.3, -0.25) is 14.9 Å². The van der Waals surface area contributed by atoms with Gasteiger partial charge in [0, 0.05) is 56.4 Å². The highest BCUT2D eigenvalue weighted by Crippen LogP contribution is 2.23. The number of hydrogen-bond acceptors (Lipinski definition) is 5. The minimum absolute atomic E-state index is 0.0584. The Morgan fingerprint density at radius 3 is 2.88 bits per heavy atom. The third kappa shape index (κ3) is 3.51. The Kier molecular flexibility index (Phi) is 4.65. The number of anilines is 1. The average molecular weight is 340 g/mol. The molecular weight excluding hydrogens is 316 g/mol. The summed E-state index contributed by atoms with van der Waals surface area (Å²) in [7, 11) is 0. The third-order valence-electron chi connectivity index (χ3n) is 5.07. The number of aromatic amines is 1. The Labute approximate surface area is 147 Å². The van der Waals surface area contributed by atoms with Crippen molar-refractivity contribution in [2.75, 3.05) is 37.6 Å². The summed E-state index contributed by atoms with van der Waals surface area (Å²) in [6, 6.07) is 4.17. The van der Waals surface area contributed by atoms with Crippen LogP contribution in [0.3, 0.4) is 0 Å². The van der Waals surface area contributed by atoms with Gasteiger partial charge >= 0.3 is 0 Å². The monoisotopic (exact) mass is 340 g/mol. The molecule has 7 nitrogen and oxygen atoms in total. The summed E-state index contributed by atoms with van der Waals surface area (Å²) < 4.78 is 0. The Hall–Kier alpha value is -2.41. The smallest absolute Gasteiger partial charge is 0.272 e. The zero-order valence-corrected chi connectivity index (χ0v) is 14.3. The molecule has 0 saturated carbocycles. The number of pyridine rings is 1. The van der Waals surface area contributed by atoms with Gasteiger partial charge in [0.2, 0.25) is 0 Å². The van der Waals surface area contributed by atoms with Gasteiger partial charge in [-0.15, -0.1) is 0 Å². The number of carbonyl (C=O) groups excluding carboxylic acids is 1. The van der Waals surface area contributed by atoms with Crippen LogP contribution in [-0.4, -0.2) is 58.7 Å². The molecule has 2 aromatic rings. The molecule has 1 amide bonds. The van der Waals surface area contributed by atoms with E-state index >= 15 is 0 Å². The lowest BCUT2D eigenvalue weighted by molar-refractivity contribution is 0.0718. The zero-order valence-electron chi connectivity index (χ0n) is 14.3. The minimum atomic E-state index is 0.0584. The Balaban J connectivity index is 1.49. The maximum Gasteiger partial charge on any atom is 0.272 e. The van der Waals surface area contributed by atoms with Crippen molar-refractivity contribution in [3.8, 4) is 0 Å². The van der Waals surface area contributed by atoms with Crippen LogP contribution in [0.25, 0.3) is 0 Å². The van der Waals surface area contributed by atoms with E-state index in [9.17, 15) is 4.79 Å². The summed E-state index contributed by atoms with van der Waals surface area (Å²) in [5.74, 6) is 0.0584. The molecule has 0 aromatic carbocycles. The van der Waals surface area contributed by atoms with Crippen LogP contribution in [0.4, 0.5) is 5.69 Å². The number of likely N-dealkylation sites (tertiary alicyclic amines) is 1. The predicted molar refractivity (Wildman–Crippen MR) is 95.5 cm³/mol. The standard InChI is InChI=1S/C18H24N6O/c25-18(23-7-2-1-3-8-23)16-10-15(4-5-19-16)24-9-6-20-17(13-24)14-11-21-22-12-14/h4-5,10-12,17,20H,1-3,6-9,13H2,(H,21,22). The van der Waals surface area contributed by atoms with E-state index in [4.69, 9.17) is 0 Å². The highest BCUT2D eigenvalue weighted by Gasteiger charge is 2.24. The van der Waals surface area contributed by atoms with Crippen molar-refractivity contribution in [1.82, 2.24) is 25.4 Å². The molecule has 0 bridgehead atoms. The van der Waals surface area contributed by atoms with E-state index in [1.807, 2.05) is 29.4 Å². The maximum atomic E-state index is 12.7.